The molecule has 3 rings (SSSR count). The summed E-state index contributed by atoms with van der Waals surface area (Å²) in [6.45, 7) is 0. The molecular weight excluding hydrogens is 364 g/mol. The van der Waals surface area contributed by atoms with Gasteiger partial charge in [0.1, 0.15) is 15.7 Å². The summed E-state index contributed by atoms with van der Waals surface area (Å²) in [6, 6.07) is 5.51. The number of alkyl halides is 3. The van der Waals surface area contributed by atoms with Crippen LogP contribution in [0.2, 0.25) is 0 Å². The lowest BCUT2D eigenvalue weighted by atomic mass is 10.2. The van der Waals surface area contributed by atoms with Crippen LogP contribution in [-0.2, 0) is 6.18 Å². The maximum Gasteiger partial charge on any atom is 0.416 e. The van der Waals surface area contributed by atoms with Gasteiger partial charge in [0.25, 0.3) is 5.91 Å². The molecule has 0 fully saturated rings. The lowest BCUT2D eigenvalue weighted by molar-refractivity contribution is -0.137. The van der Waals surface area contributed by atoms with Crippen molar-refractivity contribution in [2.75, 3.05) is 5.32 Å². The van der Waals surface area contributed by atoms with Gasteiger partial charge in [-0.1, -0.05) is 6.07 Å². The predicted molar refractivity (Wildman–Crippen MR) is 84.8 cm³/mol. The van der Waals surface area contributed by atoms with Crippen molar-refractivity contribution in [3.63, 3.8) is 0 Å². The number of carbonyl (C=O) groups is 1. The quantitative estimate of drug-likeness (QED) is 0.636. The molecule has 124 valence electrons. The number of halogens is 4. The Labute approximate surface area is 141 Å². The Hall–Kier alpha value is -2.26. The van der Waals surface area contributed by atoms with Crippen LogP contribution in [-0.4, -0.2) is 10.9 Å². The molecule has 2 aromatic heterocycles. The summed E-state index contributed by atoms with van der Waals surface area (Å²) in [5.74, 6) is -1.66. The number of nitrogens with zero attached hydrogens (tertiary/aromatic N) is 1. The van der Waals surface area contributed by atoms with Crippen LogP contribution in [0, 0.1) is 5.82 Å². The van der Waals surface area contributed by atoms with Crippen molar-refractivity contribution in [1.29, 1.82) is 0 Å². The molecule has 0 unspecified atom stereocenters. The summed E-state index contributed by atoms with van der Waals surface area (Å²) in [6.07, 6.45) is -3.31. The number of hydrogen-bond acceptors (Lipinski definition) is 4. The minimum Gasteiger partial charge on any atom is -0.319 e. The standard InChI is InChI=1S/C15H8F4N2OS2/c16-9-4-3-8(15(17,18)19)6-10(9)21-13(22)12-7-20-14(24-12)11-2-1-5-23-11/h1-7H,(H,21,22). The Morgan fingerprint density at radius 2 is 2.00 bits per heavy atom. The lowest BCUT2D eigenvalue weighted by Gasteiger charge is -2.10. The second-order valence-electron chi connectivity index (χ2n) is 4.65. The number of carbonyl (C=O) groups excluding carboxylic acids is 1. The zero-order chi connectivity index (χ0) is 17.3. The molecule has 1 N–H and O–H groups in total. The van der Waals surface area contributed by atoms with Crippen molar-refractivity contribution in [2.45, 2.75) is 6.18 Å². The van der Waals surface area contributed by atoms with E-state index in [-0.39, 0.29) is 4.88 Å². The lowest BCUT2D eigenvalue weighted by Crippen LogP contribution is -2.13. The molecule has 9 heteroatoms. The maximum absolute atomic E-state index is 13.7. The number of nitrogens with one attached hydrogen (secondary N) is 1. The number of hydrogen-bond donors (Lipinski definition) is 1. The molecule has 2 heterocycles. The third-order valence-electron chi connectivity index (χ3n) is 3.00. The van der Waals surface area contributed by atoms with Crippen molar-refractivity contribution in [3.8, 4) is 9.88 Å². The minimum atomic E-state index is -4.62. The molecule has 0 spiro atoms. The van der Waals surface area contributed by atoms with Gasteiger partial charge in [-0.15, -0.1) is 22.7 Å². The van der Waals surface area contributed by atoms with Gasteiger partial charge in [0.05, 0.1) is 22.3 Å². The number of benzene rings is 1. The molecule has 0 aliphatic rings. The SMILES string of the molecule is O=C(Nc1cc(C(F)(F)F)ccc1F)c1cnc(-c2cccs2)s1. The third-order valence-corrected chi connectivity index (χ3v) is 5.04. The fraction of sp³-hybridized carbons (Fsp3) is 0.0667. The van der Waals surface area contributed by atoms with Gasteiger partial charge in [0.2, 0.25) is 0 Å². The number of anilines is 1. The van der Waals surface area contributed by atoms with Crippen LogP contribution < -0.4 is 5.32 Å². The number of amides is 1. The first-order valence-corrected chi connectivity index (χ1v) is 8.22. The van der Waals surface area contributed by atoms with Crippen LogP contribution in [0.1, 0.15) is 15.2 Å². The highest BCUT2D eigenvalue weighted by molar-refractivity contribution is 7.22. The van der Waals surface area contributed by atoms with Crippen LogP contribution in [0.25, 0.3) is 9.88 Å². The number of thiazole rings is 1. The minimum absolute atomic E-state index is 0.176. The Bertz CT molecular complexity index is 872. The van der Waals surface area contributed by atoms with E-state index in [0.717, 1.165) is 16.2 Å². The van der Waals surface area contributed by atoms with Gasteiger partial charge in [-0.05, 0) is 29.6 Å². The predicted octanol–water partition coefficient (Wildman–Crippen LogP) is 5.28. The van der Waals surface area contributed by atoms with Crippen LogP contribution in [0.5, 0.6) is 0 Å². The van der Waals surface area contributed by atoms with E-state index in [9.17, 15) is 22.4 Å². The molecule has 3 aromatic rings. The molecule has 0 radical (unpaired) electrons. The highest BCUT2D eigenvalue weighted by Crippen LogP contribution is 2.33. The van der Waals surface area contributed by atoms with Gasteiger partial charge in [0, 0.05) is 0 Å². The summed E-state index contributed by atoms with van der Waals surface area (Å²) in [5.41, 5.74) is -1.57. The fourth-order valence-electron chi connectivity index (χ4n) is 1.87. The molecule has 0 bridgehead atoms. The summed E-state index contributed by atoms with van der Waals surface area (Å²) in [5, 5.41) is 4.62. The summed E-state index contributed by atoms with van der Waals surface area (Å²) >= 11 is 2.52. The molecular formula is C15H8F4N2OS2. The van der Waals surface area contributed by atoms with Crippen molar-refractivity contribution < 1.29 is 22.4 Å². The van der Waals surface area contributed by atoms with E-state index in [4.69, 9.17) is 0 Å². The van der Waals surface area contributed by atoms with E-state index < -0.39 is 29.2 Å². The summed E-state index contributed by atoms with van der Waals surface area (Å²) in [4.78, 5) is 17.3. The number of rotatable bonds is 3. The smallest absolute Gasteiger partial charge is 0.319 e. The van der Waals surface area contributed by atoms with Gasteiger partial charge < -0.3 is 5.32 Å². The monoisotopic (exact) mass is 372 g/mol. The van der Waals surface area contributed by atoms with Crippen molar-refractivity contribution >= 4 is 34.3 Å². The molecule has 1 amide bonds. The number of aromatic nitrogens is 1. The first-order valence-electron chi connectivity index (χ1n) is 6.52. The van der Waals surface area contributed by atoms with Crippen LogP contribution in [0.15, 0.2) is 41.9 Å². The van der Waals surface area contributed by atoms with Gasteiger partial charge in [-0.2, -0.15) is 13.2 Å². The number of thiophene rings is 1. The van der Waals surface area contributed by atoms with E-state index >= 15 is 0 Å². The molecule has 0 saturated carbocycles. The topological polar surface area (TPSA) is 42.0 Å². The van der Waals surface area contributed by atoms with E-state index in [2.05, 4.69) is 10.3 Å². The second kappa shape index (κ2) is 6.33. The Balaban J connectivity index is 1.83. The first kappa shape index (κ1) is 16.6. The molecule has 3 nitrogen and oxygen atoms in total. The normalized spacial score (nSPS) is 11.5. The molecule has 1 aromatic carbocycles. The molecule has 0 aliphatic carbocycles. The Morgan fingerprint density at radius 3 is 2.67 bits per heavy atom. The van der Waals surface area contributed by atoms with Gasteiger partial charge in [0.15, 0.2) is 0 Å². The largest absolute Gasteiger partial charge is 0.416 e. The van der Waals surface area contributed by atoms with Crippen LogP contribution in [0.4, 0.5) is 23.2 Å². The fourth-order valence-corrected chi connectivity index (χ4v) is 3.49. The van der Waals surface area contributed by atoms with Gasteiger partial charge in [-0.25, -0.2) is 9.37 Å². The molecule has 0 aliphatic heterocycles. The van der Waals surface area contributed by atoms with E-state index in [1.54, 1.807) is 0 Å². The zero-order valence-electron chi connectivity index (χ0n) is 11.7. The zero-order valence-corrected chi connectivity index (χ0v) is 13.4. The maximum atomic E-state index is 13.7. The van der Waals surface area contributed by atoms with Crippen LogP contribution >= 0.6 is 22.7 Å². The van der Waals surface area contributed by atoms with Crippen molar-refractivity contribution in [3.05, 3.63) is 58.2 Å². The third kappa shape index (κ3) is 3.46. The second-order valence-corrected chi connectivity index (χ2v) is 6.63. The molecule has 0 saturated heterocycles. The van der Waals surface area contributed by atoms with Gasteiger partial charge in [-0.3, -0.25) is 4.79 Å². The first-order chi connectivity index (χ1) is 11.3. The Kier molecular flexibility index (Phi) is 4.37. The Morgan fingerprint density at radius 1 is 1.21 bits per heavy atom. The summed E-state index contributed by atoms with van der Waals surface area (Å²) < 4.78 is 51.7. The summed E-state index contributed by atoms with van der Waals surface area (Å²) in [7, 11) is 0. The highest BCUT2D eigenvalue weighted by Gasteiger charge is 2.31. The van der Waals surface area contributed by atoms with Crippen molar-refractivity contribution in [1.82, 2.24) is 4.98 Å². The van der Waals surface area contributed by atoms with E-state index in [1.165, 1.54) is 17.5 Å². The van der Waals surface area contributed by atoms with Crippen molar-refractivity contribution in [2.24, 2.45) is 0 Å². The van der Waals surface area contributed by atoms with E-state index in [0.29, 0.717) is 23.2 Å². The highest BCUT2D eigenvalue weighted by atomic mass is 32.1. The van der Waals surface area contributed by atoms with E-state index in [1.807, 2.05) is 17.5 Å². The average Bonchev–Trinajstić information content (AvgIpc) is 3.19. The average molecular weight is 372 g/mol. The molecule has 0 atom stereocenters. The molecule has 24 heavy (non-hydrogen) atoms. The van der Waals surface area contributed by atoms with Gasteiger partial charge >= 0.3 is 6.18 Å². The van der Waals surface area contributed by atoms with Crippen LogP contribution in [0.3, 0.4) is 0 Å².